The Labute approximate surface area is 215 Å². The van der Waals surface area contributed by atoms with E-state index in [-0.39, 0.29) is 23.4 Å². The number of hydrogen-bond acceptors (Lipinski definition) is 6. The summed E-state index contributed by atoms with van der Waals surface area (Å²) in [7, 11) is 0. The number of likely N-dealkylation sites (tertiary alicyclic amines) is 1. The molecular weight excluding hydrogens is 512 g/mol. The predicted octanol–water partition coefficient (Wildman–Crippen LogP) is 6.45. The molecule has 2 aromatic heterocycles. The summed E-state index contributed by atoms with van der Waals surface area (Å²) < 4.78 is 84.8. The lowest BCUT2D eigenvalue weighted by Crippen LogP contribution is -2.54. The molecule has 2 aliphatic rings. The Hall–Kier alpha value is -3.28. The van der Waals surface area contributed by atoms with Crippen LogP contribution in [0.2, 0.25) is 0 Å². The highest BCUT2D eigenvalue weighted by molar-refractivity contribution is 5.61. The molecule has 1 aromatic carbocycles. The molecular formula is C26H27F6N5O. The third kappa shape index (κ3) is 6.23. The SMILES string of the molecule is FC(F)(F)c1cc(-c2ccc(CN3CC(Nc4nccc(N5CCCCCC5)n4)C3)o2)cc(C(F)(F)F)c1. The van der Waals surface area contributed by atoms with E-state index in [0.29, 0.717) is 43.5 Å². The zero-order valence-electron chi connectivity index (χ0n) is 20.4. The molecule has 1 N–H and O–H groups in total. The number of nitrogens with one attached hydrogen (secondary N) is 1. The van der Waals surface area contributed by atoms with E-state index in [1.807, 2.05) is 11.0 Å². The topological polar surface area (TPSA) is 57.4 Å². The first kappa shape index (κ1) is 26.3. The monoisotopic (exact) mass is 539 g/mol. The van der Waals surface area contributed by atoms with Gasteiger partial charge < -0.3 is 14.6 Å². The number of hydrogen-bond donors (Lipinski definition) is 1. The van der Waals surface area contributed by atoms with E-state index < -0.39 is 23.5 Å². The molecule has 0 atom stereocenters. The molecule has 0 saturated carbocycles. The maximum Gasteiger partial charge on any atom is 0.416 e. The Morgan fingerprint density at radius 2 is 1.53 bits per heavy atom. The smallest absolute Gasteiger partial charge is 0.416 e. The average molecular weight is 540 g/mol. The number of halogens is 6. The van der Waals surface area contributed by atoms with Crippen molar-refractivity contribution < 1.29 is 30.8 Å². The normalized spacial score (nSPS) is 17.8. The highest BCUT2D eigenvalue weighted by atomic mass is 19.4. The van der Waals surface area contributed by atoms with Gasteiger partial charge in [0.15, 0.2) is 0 Å². The van der Waals surface area contributed by atoms with Crippen LogP contribution in [0.25, 0.3) is 11.3 Å². The Morgan fingerprint density at radius 3 is 2.16 bits per heavy atom. The van der Waals surface area contributed by atoms with Crippen molar-refractivity contribution in [1.29, 1.82) is 0 Å². The van der Waals surface area contributed by atoms with E-state index in [4.69, 9.17) is 4.42 Å². The maximum absolute atomic E-state index is 13.2. The van der Waals surface area contributed by atoms with Gasteiger partial charge in [-0.05, 0) is 49.2 Å². The highest BCUT2D eigenvalue weighted by Gasteiger charge is 2.37. The van der Waals surface area contributed by atoms with Crippen LogP contribution in [-0.4, -0.2) is 47.1 Å². The van der Waals surface area contributed by atoms with Crippen molar-refractivity contribution in [3.63, 3.8) is 0 Å². The molecule has 2 aliphatic heterocycles. The van der Waals surface area contributed by atoms with Crippen LogP contribution in [0.5, 0.6) is 0 Å². The number of alkyl halides is 6. The second kappa shape index (κ2) is 10.5. The standard InChI is InChI=1S/C26H27F6N5O/c27-25(28,29)18-11-17(12-19(13-18)26(30,31)32)22-6-5-21(38-22)16-36-14-20(15-36)34-24-33-8-7-23(35-24)37-9-3-1-2-4-10-37/h5-8,11-13,20H,1-4,9-10,14-16H2,(H,33,34,35). The summed E-state index contributed by atoms with van der Waals surface area (Å²) in [4.78, 5) is 13.3. The van der Waals surface area contributed by atoms with Crippen LogP contribution in [0.15, 0.2) is 47.0 Å². The van der Waals surface area contributed by atoms with Gasteiger partial charge in [0.25, 0.3) is 0 Å². The van der Waals surface area contributed by atoms with E-state index in [9.17, 15) is 26.3 Å². The number of rotatable bonds is 6. The van der Waals surface area contributed by atoms with E-state index in [0.717, 1.165) is 31.7 Å². The molecule has 204 valence electrons. The maximum atomic E-state index is 13.2. The van der Waals surface area contributed by atoms with Gasteiger partial charge in [-0.2, -0.15) is 31.3 Å². The Balaban J connectivity index is 1.19. The van der Waals surface area contributed by atoms with Gasteiger partial charge in [0.05, 0.1) is 23.7 Å². The van der Waals surface area contributed by atoms with Gasteiger partial charge in [-0.3, -0.25) is 4.90 Å². The number of anilines is 2. The fourth-order valence-corrected chi connectivity index (χ4v) is 4.80. The summed E-state index contributed by atoms with van der Waals surface area (Å²) in [5.41, 5.74) is -3.03. The minimum absolute atomic E-state index is 0.0504. The molecule has 0 amide bonds. The largest absolute Gasteiger partial charge is 0.460 e. The van der Waals surface area contributed by atoms with Crippen LogP contribution in [-0.2, 0) is 18.9 Å². The van der Waals surface area contributed by atoms with Crippen LogP contribution in [0.3, 0.4) is 0 Å². The summed E-state index contributed by atoms with van der Waals surface area (Å²) in [5.74, 6) is 1.86. The molecule has 4 heterocycles. The van der Waals surface area contributed by atoms with Crippen molar-refractivity contribution >= 4 is 11.8 Å². The third-order valence-corrected chi connectivity index (χ3v) is 6.77. The van der Waals surface area contributed by atoms with Crippen LogP contribution in [0, 0.1) is 0 Å². The first-order chi connectivity index (χ1) is 18.0. The van der Waals surface area contributed by atoms with Gasteiger partial charge in [-0.15, -0.1) is 0 Å². The zero-order chi connectivity index (χ0) is 26.9. The summed E-state index contributed by atoms with van der Waals surface area (Å²) >= 11 is 0. The van der Waals surface area contributed by atoms with E-state index in [2.05, 4.69) is 20.2 Å². The van der Waals surface area contributed by atoms with Gasteiger partial charge in [0.2, 0.25) is 5.95 Å². The molecule has 2 saturated heterocycles. The van der Waals surface area contributed by atoms with Crippen molar-refractivity contribution in [2.45, 2.75) is 50.6 Å². The number of benzene rings is 1. The fourth-order valence-electron chi connectivity index (χ4n) is 4.80. The van der Waals surface area contributed by atoms with Gasteiger partial charge in [-0.1, -0.05) is 12.8 Å². The molecule has 0 unspecified atom stereocenters. The van der Waals surface area contributed by atoms with Crippen molar-refractivity contribution in [1.82, 2.24) is 14.9 Å². The second-order valence-electron chi connectivity index (χ2n) is 9.74. The van der Waals surface area contributed by atoms with Crippen LogP contribution >= 0.6 is 0 Å². The van der Waals surface area contributed by atoms with Crippen molar-refractivity contribution in [2.75, 3.05) is 36.4 Å². The van der Waals surface area contributed by atoms with Gasteiger partial charge >= 0.3 is 12.4 Å². The van der Waals surface area contributed by atoms with Crippen molar-refractivity contribution in [3.05, 3.63) is 59.5 Å². The van der Waals surface area contributed by atoms with Gasteiger partial charge in [-0.25, -0.2) is 4.98 Å². The van der Waals surface area contributed by atoms with Gasteiger partial charge in [0, 0.05) is 37.9 Å². The molecule has 5 rings (SSSR count). The lowest BCUT2D eigenvalue weighted by molar-refractivity contribution is -0.143. The Bertz CT molecular complexity index is 1210. The van der Waals surface area contributed by atoms with Crippen LogP contribution < -0.4 is 10.2 Å². The van der Waals surface area contributed by atoms with Crippen molar-refractivity contribution in [2.24, 2.45) is 0 Å². The predicted molar refractivity (Wildman–Crippen MR) is 130 cm³/mol. The van der Waals surface area contributed by atoms with Crippen LogP contribution in [0.1, 0.15) is 42.6 Å². The minimum atomic E-state index is -4.92. The summed E-state index contributed by atoms with van der Waals surface area (Å²) in [6.07, 6.45) is -3.32. The summed E-state index contributed by atoms with van der Waals surface area (Å²) in [6.45, 7) is 3.66. The van der Waals surface area contributed by atoms with Gasteiger partial charge in [0.1, 0.15) is 17.3 Å². The summed E-state index contributed by atoms with van der Waals surface area (Å²) in [6, 6.07) is 6.43. The first-order valence-electron chi connectivity index (χ1n) is 12.5. The van der Waals surface area contributed by atoms with E-state index in [1.54, 1.807) is 12.3 Å². The lowest BCUT2D eigenvalue weighted by atomic mass is 10.0. The highest BCUT2D eigenvalue weighted by Crippen LogP contribution is 2.39. The zero-order valence-corrected chi connectivity index (χ0v) is 20.4. The summed E-state index contributed by atoms with van der Waals surface area (Å²) in [5, 5.41) is 3.33. The molecule has 0 bridgehead atoms. The molecule has 38 heavy (non-hydrogen) atoms. The van der Waals surface area contributed by atoms with Crippen LogP contribution in [0.4, 0.5) is 38.1 Å². The quantitative estimate of drug-likeness (QED) is 0.364. The molecule has 6 nitrogen and oxygen atoms in total. The first-order valence-corrected chi connectivity index (χ1v) is 12.5. The molecule has 0 aliphatic carbocycles. The van der Waals surface area contributed by atoms with Crippen molar-refractivity contribution in [3.8, 4) is 11.3 Å². The number of furan rings is 1. The fraction of sp³-hybridized carbons (Fsp3) is 0.462. The third-order valence-electron chi connectivity index (χ3n) is 6.77. The molecule has 12 heteroatoms. The Morgan fingerprint density at radius 1 is 0.868 bits per heavy atom. The number of nitrogens with zero attached hydrogens (tertiary/aromatic N) is 4. The second-order valence-corrected chi connectivity index (χ2v) is 9.74. The molecule has 2 fully saturated rings. The average Bonchev–Trinajstić information content (AvgIpc) is 3.14. The number of aromatic nitrogens is 2. The molecule has 0 radical (unpaired) electrons. The molecule has 3 aromatic rings. The minimum Gasteiger partial charge on any atom is -0.460 e. The van der Waals surface area contributed by atoms with E-state index in [1.165, 1.54) is 18.9 Å². The molecule has 0 spiro atoms. The van der Waals surface area contributed by atoms with E-state index >= 15 is 0 Å². The Kier molecular flexibility index (Phi) is 7.26. The lowest BCUT2D eigenvalue weighted by Gasteiger charge is -2.39.